The van der Waals surface area contributed by atoms with Crippen LogP contribution >= 0.6 is 0 Å². The zero-order valence-corrected chi connectivity index (χ0v) is 10.7. The summed E-state index contributed by atoms with van der Waals surface area (Å²) >= 11 is 0. The SMILES string of the molecule is O=[N+]([O-])c1ccc(-n2ncc([C@@H]3OC[C@@H](O)[C@H]3O)n2)cc1. The zero-order valence-electron chi connectivity index (χ0n) is 10.7. The van der Waals surface area contributed by atoms with E-state index in [2.05, 4.69) is 10.2 Å². The molecular weight excluding hydrogens is 280 g/mol. The molecule has 0 amide bonds. The fraction of sp³-hybridized carbons (Fsp3) is 0.333. The normalized spacial score (nSPS) is 25.1. The monoisotopic (exact) mass is 292 g/mol. The van der Waals surface area contributed by atoms with Crippen molar-refractivity contribution in [2.24, 2.45) is 0 Å². The van der Waals surface area contributed by atoms with Gasteiger partial charge in [0.15, 0.2) is 0 Å². The number of benzene rings is 1. The van der Waals surface area contributed by atoms with E-state index in [4.69, 9.17) is 4.74 Å². The minimum absolute atomic E-state index is 0.0243. The third-order valence-corrected chi connectivity index (χ3v) is 3.24. The molecule has 0 spiro atoms. The lowest BCUT2D eigenvalue weighted by Crippen LogP contribution is -2.25. The van der Waals surface area contributed by atoms with Crippen LogP contribution in [-0.2, 0) is 4.74 Å². The second-order valence-corrected chi connectivity index (χ2v) is 4.64. The third-order valence-electron chi connectivity index (χ3n) is 3.24. The lowest BCUT2D eigenvalue weighted by atomic mass is 10.1. The summed E-state index contributed by atoms with van der Waals surface area (Å²) in [6.07, 6.45) is -1.30. The van der Waals surface area contributed by atoms with Gasteiger partial charge in [-0.3, -0.25) is 10.1 Å². The summed E-state index contributed by atoms with van der Waals surface area (Å²) in [5, 5.41) is 38.0. The fourth-order valence-corrected chi connectivity index (χ4v) is 2.10. The van der Waals surface area contributed by atoms with Crippen molar-refractivity contribution in [2.45, 2.75) is 18.3 Å². The minimum atomic E-state index is -1.05. The number of hydrogen-bond acceptors (Lipinski definition) is 7. The highest BCUT2D eigenvalue weighted by Crippen LogP contribution is 2.28. The molecule has 0 unspecified atom stereocenters. The van der Waals surface area contributed by atoms with Gasteiger partial charge in [0.1, 0.15) is 24.0 Å². The number of aliphatic hydroxyl groups is 2. The first-order valence-corrected chi connectivity index (χ1v) is 6.21. The van der Waals surface area contributed by atoms with Crippen molar-refractivity contribution >= 4 is 5.69 Å². The third kappa shape index (κ3) is 2.49. The summed E-state index contributed by atoms with van der Waals surface area (Å²) in [6, 6.07) is 5.73. The molecule has 1 aromatic heterocycles. The Balaban J connectivity index is 1.83. The van der Waals surface area contributed by atoms with Crippen LogP contribution in [0.4, 0.5) is 5.69 Å². The van der Waals surface area contributed by atoms with Crippen LogP contribution in [0.15, 0.2) is 30.5 Å². The number of aromatic nitrogens is 3. The van der Waals surface area contributed by atoms with Crippen molar-refractivity contribution in [3.05, 3.63) is 46.3 Å². The Morgan fingerprint density at radius 3 is 2.62 bits per heavy atom. The van der Waals surface area contributed by atoms with E-state index in [-0.39, 0.29) is 12.3 Å². The minimum Gasteiger partial charge on any atom is -0.388 e. The maximum Gasteiger partial charge on any atom is 0.269 e. The summed E-state index contributed by atoms with van der Waals surface area (Å²) in [7, 11) is 0. The molecule has 110 valence electrons. The molecule has 3 atom stereocenters. The molecule has 1 aliphatic rings. The first-order valence-electron chi connectivity index (χ1n) is 6.21. The van der Waals surface area contributed by atoms with E-state index in [0.717, 1.165) is 0 Å². The number of aliphatic hydroxyl groups excluding tert-OH is 2. The Hall–Kier alpha value is -2.36. The second-order valence-electron chi connectivity index (χ2n) is 4.64. The topological polar surface area (TPSA) is 124 Å². The highest BCUT2D eigenvalue weighted by atomic mass is 16.6. The van der Waals surface area contributed by atoms with Crippen LogP contribution < -0.4 is 0 Å². The van der Waals surface area contributed by atoms with Crippen LogP contribution in [0.3, 0.4) is 0 Å². The smallest absolute Gasteiger partial charge is 0.269 e. The second kappa shape index (κ2) is 5.20. The number of nitro groups is 1. The fourth-order valence-electron chi connectivity index (χ4n) is 2.10. The lowest BCUT2D eigenvalue weighted by molar-refractivity contribution is -0.384. The van der Waals surface area contributed by atoms with Gasteiger partial charge in [0.05, 0.1) is 23.4 Å². The molecule has 1 fully saturated rings. The predicted molar refractivity (Wildman–Crippen MR) is 68.7 cm³/mol. The Bertz CT molecular complexity index is 656. The van der Waals surface area contributed by atoms with Gasteiger partial charge in [-0.2, -0.15) is 15.0 Å². The van der Waals surface area contributed by atoms with Crippen molar-refractivity contribution < 1.29 is 19.9 Å². The molecule has 9 heteroatoms. The Morgan fingerprint density at radius 1 is 1.33 bits per heavy atom. The molecule has 1 aliphatic heterocycles. The van der Waals surface area contributed by atoms with E-state index in [0.29, 0.717) is 11.4 Å². The molecular formula is C12H12N4O5. The van der Waals surface area contributed by atoms with E-state index in [1.807, 2.05) is 0 Å². The zero-order chi connectivity index (χ0) is 15.0. The van der Waals surface area contributed by atoms with E-state index < -0.39 is 23.2 Å². The first-order chi connectivity index (χ1) is 10.1. The van der Waals surface area contributed by atoms with Crippen molar-refractivity contribution in [1.82, 2.24) is 15.0 Å². The quantitative estimate of drug-likeness (QED) is 0.601. The first kappa shape index (κ1) is 13.6. The molecule has 1 saturated heterocycles. The van der Waals surface area contributed by atoms with Crippen molar-refractivity contribution in [3.63, 3.8) is 0 Å². The highest BCUT2D eigenvalue weighted by Gasteiger charge is 2.37. The van der Waals surface area contributed by atoms with Crippen molar-refractivity contribution in [2.75, 3.05) is 6.61 Å². The van der Waals surface area contributed by atoms with Crippen LogP contribution in [-0.4, -0.2) is 48.9 Å². The van der Waals surface area contributed by atoms with Gasteiger partial charge in [-0.05, 0) is 12.1 Å². The number of hydrogen-bond donors (Lipinski definition) is 2. The molecule has 2 heterocycles. The van der Waals surface area contributed by atoms with Crippen LogP contribution in [0.25, 0.3) is 5.69 Å². The average molecular weight is 292 g/mol. The van der Waals surface area contributed by atoms with Gasteiger partial charge in [-0.25, -0.2) is 0 Å². The van der Waals surface area contributed by atoms with E-state index >= 15 is 0 Å². The summed E-state index contributed by atoms with van der Waals surface area (Å²) in [6.45, 7) is 0.0379. The Morgan fingerprint density at radius 2 is 2.05 bits per heavy atom. The molecule has 2 N–H and O–H groups in total. The van der Waals surface area contributed by atoms with Gasteiger partial charge < -0.3 is 14.9 Å². The molecule has 2 aromatic rings. The van der Waals surface area contributed by atoms with Gasteiger partial charge >= 0.3 is 0 Å². The van der Waals surface area contributed by atoms with Gasteiger partial charge in [0.25, 0.3) is 5.69 Å². The largest absolute Gasteiger partial charge is 0.388 e. The maximum absolute atomic E-state index is 10.6. The molecule has 0 saturated carbocycles. The van der Waals surface area contributed by atoms with E-state index in [1.165, 1.54) is 35.3 Å². The molecule has 0 bridgehead atoms. The molecule has 9 nitrogen and oxygen atoms in total. The van der Waals surface area contributed by atoms with E-state index in [1.54, 1.807) is 0 Å². The van der Waals surface area contributed by atoms with Gasteiger partial charge in [0, 0.05) is 12.1 Å². The van der Waals surface area contributed by atoms with Gasteiger partial charge in [0.2, 0.25) is 0 Å². The number of non-ortho nitro benzene ring substituents is 1. The summed E-state index contributed by atoms with van der Waals surface area (Å²) in [4.78, 5) is 11.4. The molecule has 0 radical (unpaired) electrons. The number of rotatable bonds is 3. The van der Waals surface area contributed by atoms with Crippen molar-refractivity contribution in [3.8, 4) is 5.69 Å². The maximum atomic E-state index is 10.6. The van der Waals surface area contributed by atoms with Crippen LogP contribution in [0, 0.1) is 10.1 Å². The summed E-state index contributed by atoms with van der Waals surface area (Å²) in [5.74, 6) is 0. The standard InChI is InChI=1S/C12H12N4O5/c17-10-6-21-12(11(10)18)9-5-13-15(14-9)7-1-3-8(4-2-7)16(19)20/h1-5,10-12,17-18H,6H2/t10-,11-,12+/m1/s1. The number of ether oxygens (including phenoxy) is 1. The molecule has 1 aromatic carbocycles. The lowest BCUT2D eigenvalue weighted by Gasteiger charge is -2.11. The van der Waals surface area contributed by atoms with Gasteiger partial charge in [-0.1, -0.05) is 0 Å². The highest BCUT2D eigenvalue weighted by molar-refractivity contribution is 5.39. The molecule has 3 rings (SSSR count). The Kier molecular flexibility index (Phi) is 3.37. The van der Waals surface area contributed by atoms with Crippen LogP contribution in [0.2, 0.25) is 0 Å². The van der Waals surface area contributed by atoms with E-state index in [9.17, 15) is 20.3 Å². The summed E-state index contributed by atoms with van der Waals surface area (Å²) < 4.78 is 5.26. The number of nitro benzene ring substituents is 1. The summed E-state index contributed by atoms with van der Waals surface area (Å²) in [5.41, 5.74) is 0.904. The van der Waals surface area contributed by atoms with Crippen LogP contribution in [0.5, 0.6) is 0 Å². The predicted octanol–water partition coefficient (Wildman–Crippen LogP) is -0.0314. The average Bonchev–Trinajstić information content (AvgIpc) is 3.07. The molecule has 21 heavy (non-hydrogen) atoms. The van der Waals surface area contributed by atoms with Crippen LogP contribution in [0.1, 0.15) is 11.8 Å². The van der Waals surface area contributed by atoms with Gasteiger partial charge in [-0.15, -0.1) is 0 Å². The Labute approximate surface area is 118 Å². The molecule has 0 aliphatic carbocycles. The van der Waals surface area contributed by atoms with Crippen molar-refractivity contribution in [1.29, 1.82) is 0 Å². The number of nitrogens with zero attached hydrogens (tertiary/aromatic N) is 4.